The predicted octanol–water partition coefficient (Wildman–Crippen LogP) is 2.82. The molecule has 1 aliphatic rings. The summed E-state index contributed by atoms with van der Waals surface area (Å²) in [5.41, 5.74) is 5.26. The molecular weight excluding hydrogens is 418 g/mol. The van der Waals surface area contributed by atoms with Gasteiger partial charge in [0.2, 0.25) is 11.7 Å². The number of imidazole rings is 1. The smallest absolute Gasteiger partial charge is 0.228 e. The first-order valence-electron chi connectivity index (χ1n) is 10.8. The molecule has 166 valence electrons. The molecule has 0 radical (unpaired) electrons. The fraction of sp³-hybridized carbons (Fsp3) is 0.292. The number of ether oxygens (including phenoxy) is 1. The molecule has 9 nitrogen and oxygen atoms in total. The van der Waals surface area contributed by atoms with Crippen LogP contribution in [0.5, 0.6) is 5.88 Å². The van der Waals surface area contributed by atoms with Crippen molar-refractivity contribution < 1.29 is 9.53 Å². The van der Waals surface area contributed by atoms with Gasteiger partial charge in [-0.05, 0) is 51.1 Å². The second-order valence-corrected chi connectivity index (χ2v) is 8.21. The largest absolute Gasteiger partial charge is 0.473 e. The summed E-state index contributed by atoms with van der Waals surface area (Å²) in [6.45, 7) is 5.56. The number of hydrogen-bond acceptors (Lipinski definition) is 7. The molecule has 1 aromatic carbocycles. The molecule has 1 saturated heterocycles. The summed E-state index contributed by atoms with van der Waals surface area (Å²) in [7, 11) is 1.86. The zero-order valence-electron chi connectivity index (χ0n) is 18.6. The van der Waals surface area contributed by atoms with Gasteiger partial charge in [-0.2, -0.15) is 15.3 Å². The number of rotatable bonds is 5. The first-order chi connectivity index (χ1) is 15.9. The Morgan fingerprint density at radius 2 is 2.09 bits per heavy atom. The minimum atomic E-state index is -0.277. The summed E-state index contributed by atoms with van der Waals surface area (Å²) >= 11 is 0. The number of nitrogens with one attached hydrogen (secondary N) is 2. The highest BCUT2D eigenvalue weighted by atomic mass is 16.5. The Hall–Kier alpha value is -4.03. The van der Waals surface area contributed by atoms with Gasteiger partial charge in [-0.1, -0.05) is 0 Å². The molecule has 3 aromatic heterocycles. The normalized spacial score (nSPS) is 15.6. The maximum Gasteiger partial charge on any atom is 0.228 e. The van der Waals surface area contributed by atoms with Gasteiger partial charge in [0.1, 0.15) is 6.10 Å². The average Bonchev–Trinajstić information content (AvgIpc) is 3.53. The van der Waals surface area contributed by atoms with Crippen molar-refractivity contribution >= 4 is 16.9 Å². The zero-order valence-corrected chi connectivity index (χ0v) is 18.6. The van der Waals surface area contributed by atoms with Crippen LogP contribution in [0.3, 0.4) is 0 Å². The van der Waals surface area contributed by atoms with E-state index in [4.69, 9.17) is 4.74 Å². The Kier molecular flexibility index (Phi) is 5.15. The molecular formula is C24H23N7O2. The molecule has 4 heterocycles. The van der Waals surface area contributed by atoms with E-state index in [0.29, 0.717) is 33.7 Å². The molecule has 5 rings (SSSR count). The average molecular weight is 441 g/mol. The van der Waals surface area contributed by atoms with Crippen molar-refractivity contribution in [2.45, 2.75) is 26.4 Å². The van der Waals surface area contributed by atoms with Crippen molar-refractivity contribution in [3.05, 3.63) is 58.7 Å². The summed E-state index contributed by atoms with van der Waals surface area (Å²) in [4.78, 5) is 25.2. The molecule has 0 aliphatic carbocycles. The highest BCUT2D eigenvalue weighted by molar-refractivity contribution is 6.08. The Morgan fingerprint density at radius 3 is 2.79 bits per heavy atom. The van der Waals surface area contributed by atoms with Gasteiger partial charge in [0.25, 0.3) is 0 Å². The van der Waals surface area contributed by atoms with Crippen molar-refractivity contribution in [3.63, 3.8) is 0 Å². The first-order valence-corrected chi connectivity index (χ1v) is 10.8. The lowest BCUT2D eigenvalue weighted by atomic mass is 9.95. The predicted molar refractivity (Wildman–Crippen MR) is 122 cm³/mol. The van der Waals surface area contributed by atoms with Crippen LogP contribution >= 0.6 is 0 Å². The van der Waals surface area contributed by atoms with Gasteiger partial charge in [-0.15, -0.1) is 0 Å². The monoisotopic (exact) mass is 441 g/mol. The lowest BCUT2D eigenvalue weighted by molar-refractivity contribution is 0.103. The van der Waals surface area contributed by atoms with Gasteiger partial charge in [-0.25, -0.2) is 4.98 Å². The molecule has 1 aliphatic heterocycles. The van der Waals surface area contributed by atoms with Gasteiger partial charge in [0.05, 0.1) is 22.8 Å². The minimum Gasteiger partial charge on any atom is -0.473 e. The SMILES string of the molecule is Cc1nn(C)c(C)c1-c1cc(C(=O)c2nc3nc(OC4CCNC4)ccc3[nH]2)ccc1C#N. The number of H-pyrrole nitrogens is 1. The summed E-state index contributed by atoms with van der Waals surface area (Å²) in [5, 5.41) is 17.3. The van der Waals surface area contributed by atoms with E-state index in [1.807, 2.05) is 27.0 Å². The van der Waals surface area contributed by atoms with E-state index in [0.717, 1.165) is 36.5 Å². The first kappa shape index (κ1) is 20.8. The van der Waals surface area contributed by atoms with Crippen LogP contribution in [0.2, 0.25) is 0 Å². The van der Waals surface area contributed by atoms with Gasteiger partial charge < -0.3 is 15.0 Å². The van der Waals surface area contributed by atoms with Crippen LogP contribution in [0, 0.1) is 25.2 Å². The third-order valence-corrected chi connectivity index (χ3v) is 6.02. The van der Waals surface area contributed by atoms with Crippen LogP contribution in [-0.2, 0) is 7.05 Å². The lowest BCUT2D eigenvalue weighted by Crippen LogP contribution is -2.20. The van der Waals surface area contributed by atoms with Crippen molar-refractivity contribution in [3.8, 4) is 23.1 Å². The van der Waals surface area contributed by atoms with E-state index >= 15 is 0 Å². The number of nitriles is 1. The fourth-order valence-corrected chi connectivity index (χ4v) is 4.24. The Bertz CT molecular complexity index is 1420. The number of carbonyl (C=O) groups excluding carboxylic acids is 1. The third kappa shape index (κ3) is 3.75. The van der Waals surface area contributed by atoms with Gasteiger partial charge >= 0.3 is 0 Å². The van der Waals surface area contributed by atoms with E-state index in [1.54, 1.807) is 28.9 Å². The highest BCUT2D eigenvalue weighted by Gasteiger charge is 2.21. The number of aromatic amines is 1. The molecule has 33 heavy (non-hydrogen) atoms. The van der Waals surface area contributed by atoms with Crippen LogP contribution in [0.15, 0.2) is 30.3 Å². The molecule has 0 saturated carbocycles. The van der Waals surface area contributed by atoms with Gasteiger partial charge in [0, 0.05) is 42.0 Å². The minimum absolute atomic E-state index is 0.0893. The molecule has 0 spiro atoms. The van der Waals surface area contributed by atoms with E-state index in [-0.39, 0.29) is 17.7 Å². The third-order valence-electron chi connectivity index (χ3n) is 6.02. The highest BCUT2D eigenvalue weighted by Crippen LogP contribution is 2.31. The summed E-state index contributed by atoms with van der Waals surface area (Å²) < 4.78 is 7.67. The molecule has 2 N–H and O–H groups in total. The standard InChI is InChI=1S/C24H23N7O2/c1-13-21(14(2)31(3)30-13)18-10-15(4-5-16(18)11-25)22(32)24-27-19-6-7-20(28-23(19)29-24)33-17-8-9-26-12-17/h4-7,10,17,26H,8-9,12H2,1-3H3,(H,27,28,29). The molecule has 0 amide bonds. The molecule has 0 bridgehead atoms. The van der Waals surface area contributed by atoms with Crippen LogP contribution in [-0.4, -0.2) is 49.7 Å². The second-order valence-electron chi connectivity index (χ2n) is 8.21. The maximum absolute atomic E-state index is 13.3. The van der Waals surface area contributed by atoms with E-state index in [1.165, 1.54) is 0 Å². The van der Waals surface area contributed by atoms with Crippen LogP contribution < -0.4 is 10.1 Å². The molecule has 4 aromatic rings. The van der Waals surface area contributed by atoms with Gasteiger partial charge in [0.15, 0.2) is 11.5 Å². The van der Waals surface area contributed by atoms with Crippen molar-refractivity contribution in [2.24, 2.45) is 7.05 Å². The number of hydrogen-bond donors (Lipinski definition) is 2. The number of aryl methyl sites for hydroxylation is 2. The van der Waals surface area contributed by atoms with Crippen LogP contribution in [0.1, 0.15) is 39.6 Å². The van der Waals surface area contributed by atoms with Crippen LogP contribution in [0.25, 0.3) is 22.3 Å². The summed E-state index contributed by atoms with van der Waals surface area (Å²) in [6, 6.07) is 10.9. The molecule has 1 atom stereocenters. The van der Waals surface area contributed by atoms with E-state index in [2.05, 4.69) is 31.4 Å². The van der Waals surface area contributed by atoms with Crippen molar-refractivity contribution in [1.29, 1.82) is 5.26 Å². The zero-order chi connectivity index (χ0) is 23.1. The number of aromatic nitrogens is 5. The number of pyridine rings is 1. The summed E-state index contributed by atoms with van der Waals surface area (Å²) in [5.74, 6) is 0.401. The van der Waals surface area contributed by atoms with E-state index in [9.17, 15) is 10.1 Å². The molecule has 1 fully saturated rings. The number of fused-ring (bicyclic) bond motifs is 1. The Balaban J connectivity index is 1.49. The van der Waals surface area contributed by atoms with Crippen molar-refractivity contribution in [2.75, 3.05) is 13.1 Å². The molecule has 1 unspecified atom stereocenters. The maximum atomic E-state index is 13.3. The van der Waals surface area contributed by atoms with Crippen molar-refractivity contribution in [1.82, 2.24) is 30.0 Å². The topological polar surface area (TPSA) is 122 Å². The number of benzene rings is 1. The van der Waals surface area contributed by atoms with Crippen LogP contribution in [0.4, 0.5) is 0 Å². The lowest BCUT2D eigenvalue weighted by Gasteiger charge is -2.10. The fourth-order valence-electron chi connectivity index (χ4n) is 4.24. The number of ketones is 1. The second kappa shape index (κ2) is 8.15. The van der Waals surface area contributed by atoms with E-state index < -0.39 is 0 Å². The Labute approximate surface area is 190 Å². The number of carbonyl (C=O) groups is 1. The quantitative estimate of drug-likeness (QED) is 0.457. The molecule has 9 heteroatoms. The summed E-state index contributed by atoms with van der Waals surface area (Å²) in [6.07, 6.45) is 1.02. The van der Waals surface area contributed by atoms with Gasteiger partial charge in [-0.3, -0.25) is 9.48 Å². The Morgan fingerprint density at radius 1 is 1.24 bits per heavy atom. The number of nitrogens with zero attached hydrogens (tertiary/aromatic N) is 5.